The smallest absolute Gasteiger partial charge is 0.303 e. The normalized spacial score (nSPS) is 24.1. The van der Waals surface area contributed by atoms with Crippen LogP contribution in [0.4, 0.5) is 0 Å². The number of aromatic amines is 1. The van der Waals surface area contributed by atoms with E-state index < -0.39 is 48.0 Å². The molecule has 0 bridgehead atoms. The minimum Gasteiger partial charge on any atom is -0.463 e. The molecule has 0 spiro atoms. The highest BCUT2D eigenvalue weighted by Gasteiger charge is 2.51. The summed E-state index contributed by atoms with van der Waals surface area (Å²) in [7, 11) is 0. The number of hydrogen-bond acceptors (Lipinski definition) is 10. The summed E-state index contributed by atoms with van der Waals surface area (Å²) in [4.78, 5) is 56.8. The molecule has 0 radical (unpaired) electrons. The zero-order valence-electron chi connectivity index (χ0n) is 15.3. The van der Waals surface area contributed by atoms with E-state index in [4.69, 9.17) is 18.9 Å². The monoisotopic (exact) mass is 394 g/mol. The highest BCUT2D eigenvalue weighted by Crippen LogP contribution is 2.35. The second-order valence-electron chi connectivity index (χ2n) is 6.07. The largest absolute Gasteiger partial charge is 0.463 e. The molecule has 28 heavy (non-hydrogen) atoms. The third-order valence-corrected chi connectivity index (χ3v) is 3.98. The van der Waals surface area contributed by atoms with Crippen LogP contribution in [0.25, 0.3) is 11.2 Å². The molecule has 1 unspecified atom stereocenters. The lowest BCUT2D eigenvalue weighted by Crippen LogP contribution is -2.40. The van der Waals surface area contributed by atoms with Crippen molar-refractivity contribution < 1.29 is 33.3 Å². The van der Waals surface area contributed by atoms with E-state index in [-0.39, 0.29) is 17.8 Å². The molecular weight excluding hydrogens is 376 g/mol. The van der Waals surface area contributed by atoms with Crippen molar-refractivity contribution in [2.75, 3.05) is 6.61 Å². The van der Waals surface area contributed by atoms with Crippen LogP contribution in [0.5, 0.6) is 0 Å². The van der Waals surface area contributed by atoms with Crippen molar-refractivity contribution in [2.24, 2.45) is 0 Å². The van der Waals surface area contributed by atoms with Gasteiger partial charge < -0.3 is 23.9 Å². The van der Waals surface area contributed by atoms with Gasteiger partial charge in [0.15, 0.2) is 29.6 Å². The number of carbonyl (C=O) groups is 3. The van der Waals surface area contributed by atoms with Gasteiger partial charge in [-0.15, -0.1) is 0 Å². The summed E-state index contributed by atoms with van der Waals surface area (Å²) >= 11 is 0. The quantitative estimate of drug-likeness (QED) is 0.516. The van der Waals surface area contributed by atoms with E-state index in [0.29, 0.717) is 0 Å². The van der Waals surface area contributed by atoms with Gasteiger partial charge >= 0.3 is 17.9 Å². The molecule has 2 aromatic heterocycles. The van der Waals surface area contributed by atoms with Gasteiger partial charge in [0.05, 0.1) is 12.7 Å². The van der Waals surface area contributed by atoms with Crippen molar-refractivity contribution in [3.8, 4) is 0 Å². The average Bonchev–Trinajstić information content (AvgIpc) is 3.16. The van der Waals surface area contributed by atoms with E-state index in [1.165, 1.54) is 38.0 Å². The molecule has 1 N–H and O–H groups in total. The first-order valence-corrected chi connectivity index (χ1v) is 8.31. The summed E-state index contributed by atoms with van der Waals surface area (Å²) in [5.41, 5.74) is -0.223. The van der Waals surface area contributed by atoms with Gasteiger partial charge in [-0.2, -0.15) is 0 Å². The Kier molecular flexibility index (Phi) is 5.40. The number of nitrogens with zero attached hydrogens (tertiary/aromatic N) is 3. The maximum Gasteiger partial charge on any atom is 0.303 e. The third-order valence-electron chi connectivity index (χ3n) is 3.98. The van der Waals surface area contributed by atoms with Gasteiger partial charge in [0.1, 0.15) is 12.7 Å². The molecule has 1 saturated heterocycles. The van der Waals surface area contributed by atoms with Crippen LogP contribution in [-0.2, 0) is 33.3 Å². The van der Waals surface area contributed by atoms with E-state index in [0.717, 1.165) is 0 Å². The first-order valence-electron chi connectivity index (χ1n) is 8.31. The van der Waals surface area contributed by atoms with Gasteiger partial charge in [-0.05, 0) is 0 Å². The van der Waals surface area contributed by atoms with Crippen LogP contribution in [0, 0.1) is 0 Å². The lowest BCUT2D eigenvalue weighted by Gasteiger charge is -2.23. The van der Waals surface area contributed by atoms with Crippen LogP contribution in [-0.4, -0.2) is 62.3 Å². The number of nitrogens with one attached hydrogen (secondary N) is 1. The van der Waals surface area contributed by atoms with Crippen LogP contribution >= 0.6 is 0 Å². The lowest BCUT2D eigenvalue weighted by atomic mass is 10.1. The van der Waals surface area contributed by atoms with Crippen molar-refractivity contribution in [3.63, 3.8) is 0 Å². The summed E-state index contributed by atoms with van der Waals surface area (Å²) in [6, 6.07) is 0. The van der Waals surface area contributed by atoms with Crippen LogP contribution < -0.4 is 5.56 Å². The minimum atomic E-state index is -1.08. The molecular formula is C16H18N4O8. The lowest BCUT2D eigenvalue weighted by molar-refractivity contribution is -0.166. The molecule has 12 nitrogen and oxygen atoms in total. The number of carbonyl (C=O) groups excluding carboxylic acids is 3. The molecule has 1 aliphatic rings. The van der Waals surface area contributed by atoms with Gasteiger partial charge in [0.25, 0.3) is 5.56 Å². The Morgan fingerprint density at radius 2 is 1.79 bits per heavy atom. The Labute approximate surface area is 157 Å². The van der Waals surface area contributed by atoms with Crippen LogP contribution in [0.1, 0.15) is 27.0 Å². The fourth-order valence-electron chi connectivity index (χ4n) is 2.97. The summed E-state index contributed by atoms with van der Waals surface area (Å²) in [6.07, 6.45) is -1.58. The molecule has 0 amide bonds. The number of H-pyrrole nitrogens is 1. The van der Waals surface area contributed by atoms with Crippen molar-refractivity contribution >= 4 is 29.1 Å². The summed E-state index contributed by atoms with van der Waals surface area (Å²) in [5, 5.41) is 0. The average molecular weight is 394 g/mol. The molecule has 150 valence electrons. The van der Waals surface area contributed by atoms with Gasteiger partial charge in [0, 0.05) is 20.8 Å². The Morgan fingerprint density at radius 3 is 2.43 bits per heavy atom. The van der Waals surface area contributed by atoms with Gasteiger partial charge in [-0.25, -0.2) is 9.97 Å². The molecule has 3 rings (SSSR count). The zero-order valence-corrected chi connectivity index (χ0v) is 15.3. The molecule has 0 aromatic carbocycles. The zero-order chi connectivity index (χ0) is 20.4. The van der Waals surface area contributed by atoms with E-state index >= 15 is 0 Å². The second-order valence-corrected chi connectivity index (χ2v) is 6.07. The van der Waals surface area contributed by atoms with E-state index in [9.17, 15) is 19.2 Å². The first kappa shape index (κ1) is 19.5. The molecule has 12 heteroatoms. The fourth-order valence-corrected chi connectivity index (χ4v) is 2.97. The topological polar surface area (TPSA) is 152 Å². The molecule has 0 saturated carbocycles. The van der Waals surface area contributed by atoms with Crippen LogP contribution in [0.3, 0.4) is 0 Å². The number of fused-ring (bicyclic) bond motifs is 1. The highest BCUT2D eigenvalue weighted by atomic mass is 16.7. The summed E-state index contributed by atoms with van der Waals surface area (Å²) in [6.45, 7) is 3.36. The first-order chi connectivity index (χ1) is 13.3. The Bertz CT molecular complexity index is 967. The SMILES string of the molecule is CC(=O)OC[C@H]1OC(n2cnc3c(=O)[nH]cnc32)[C@@H](OC(C)=O)[C@@H]1OC(C)=O. The van der Waals surface area contributed by atoms with E-state index in [1.54, 1.807) is 0 Å². The van der Waals surface area contributed by atoms with Crippen LogP contribution in [0.15, 0.2) is 17.4 Å². The van der Waals surface area contributed by atoms with Gasteiger partial charge in [0.2, 0.25) is 0 Å². The van der Waals surface area contributed by atoms with Gasteiger partial charge in [-0.3, -0.25) is 23.7 Å². The molecule has 4 atom stereocenters. The molecule has 2 aromatic rings. The van der Waals surface area contributed by atoms with E-state index in [2.05, 4.69) is 15.0 Å². The molecule has 1 fully saturated rings. The van der Waals surface area contributed by atoms with Crippen molar-refractivity contribution in [2.45, 2.75) is 45.3 Å². The number of ether oxygens (including phenoxy) is 4. The summed E-state index contributed by atoms with van der Waals surface area (Å²) < 4.78 is 22.8. The Hall–Kier alpha value is -3.28. The maximum atomic E-state index is 11.9. The van der Waals surface area contributed by atoms with Gasteiger partial charge in [-0.1, -0.05) is 0 Å². The number of imidazole rings is 1. The van der Waals surface area contributed by atoms with Crippen molar-refractivity contribution in [1.29, 1.82) is 0 Å². The Balaban J connectivity index is 2.02. The standard InChI is InChI=1S/C16H18N4O8/c1-7(21)25-4-10-12(26-8(2)22)13(27-9(3)23)16(28-10)20-6-19-11-14(20)17-5-18-15(11)24/h5-6,10,12-13,16H,4H2,1-3H3,(H,17,18,24)/t10-,12-,13+,16?/m1/s1. The third kappa shape index (κ3) is 3.86. The van der Waals surface area contributed by atoms with Crippen molar-refractivity contribution in [1.82, 2.24) is 19.5 Å². The fraction of sp³-hybridized carbons (Fsp3) is 0.500. The maximum absolute atomic E-state index is 11.9. The van der Waals surface area contributed by atoms with Crippen LogP contribution in [0.2, 0.25) is 0 Å². The number of esters is 3. The van der Waals surface area contributed by atoms with E-state index in [1.807, 2.05) is 0 Å². The van der Waals surface area contributed by atoms with Crippen molar-refractivity contribution in [3.05, 3.63) is 23.0 Å². The second kappa shape index (κ2) is 7.76. The predicted octanol–water partition coefficient (Wildman–Crippen LogP) is -0.556. The molecule has 0 aliphatic carbocycles. The summed E-state index contributed by atoms with van der Waals surface area (Å²) in [5.74, 6) is -1.83. The number of rotatable bonds is 5. The molecule has 1 aliphatic heterocycles. The number of hydrogen-bond donors (Lipinski definition) is 1. The predicted molar refractivity (Wildman–Crippen MR) is 89.8 cm³/mol. The minimum absolute atomic E-state index is 0.0557. The number of aromatic nitrogens is 4. The molecule has 3 heterocycles. The highest BCUT2D eigenvalue weighted by molar-refractivity contribution is 5.70. The Morgan fingerprint density at radius 1 is 1.11 bits per heavy atom.